The fourth-order valence-corrected chi connectivity index (χ4v) is 2.17. The molecule has 0 amide bonds. The van der Waals surface area contributed by atoms with E-state index in [1.807, 2.05) is 0 Å². The number of rotatable bonds is 2. The Morgan fingerprint density at radius 1 is 0.857 bits per heavy atom. The smallest absolute Gasteiger partial charge is 0.356 e. The first-order valence-corrected chi connectivity index (χ1v) is 5.98. The largest absolute Gasteiger partial charge is 0.456 e. The van der Waals surface area contributed by atoms with Gasteiger partial charge in [0, 0.05) is 11.6 Å². The van der Waals surface area contributed by atoms with Gasteiger partial charge in [-0.1, -0.05) is 24.3 Å². The van der Waals surface area contributed by atoms with Crippen LogP contribution in [0.2, 0.25) is 0 Å². The maximum atomic E-state index is 11.2. The highest BCUT2D eigenvalue weighted by atomic mass is 16.6. The van der Waals surface area contributed by atoms with Gasteiger partial charge in [0.1, 0.15) is 17.1 Å². The number of nitro benzene ring substituents is 2. The van der Waals surface area contributed by atoms with Gasteiger partial charge < -0.3 is 4.74 Å². The van der Waals surface area contributed by atoms with Crippen LogP contribution in [0.1, 0.15) is 11.1 Å². The summed E-state index contributed by atoms with van der Waals surface area (Å²) in [6, 6.07) is 9.54. The third-order valence-electron chi connectivity index (χ3n) is 3.10. The van der Waals surface area contributed by atoms with Crippen molar-refractivity contribution in [2.24, 2.45) is 0 Å². The molecule has 0 radical (unpaired) electrons. The van der Waals surface area contributed by atoms with E-state index >= 15 is 0 Å². The first kappa shape index (κ1) is 12.8. The summed E-state index contributed by atoms with van der Waals surface area (Å²) in [4.78, 5) is 20.6. The molecule has 1 heterocycles. The first-order valence-electron chi connectivity index (χ1n) is 5.98. The molecule has 2 aromatic carbocycles. The average Bonchev–Trinajstić information content (AvgIpc) is 2.64. The van der Waals surface area contributed by atoms with E-state index in [1.165, 1.54) is 12.1 Å². The van der Waals surface area contributed by atoms with Crippen molar-refractivity contribution in [1.82, 2.24) is 0 Å². The minimum atomic E-state index is -0.774. The van der Waals surface area contributed by atoms with Crippen LogP contribution in [-0.4, -0.2) is 9.85 Å². The zero-order chi connectivity index (χ0) is 15.0. The highest BCUT2D eigenvalue weighted by Crippen LogP contribution is 2.42. The predicted octanol–water partition coefficient (Wildman–Crippen LogP) is 3.78. The topological polar surface area (TPSA) is 95.5 Å². The highest BCUT2D eigenvalue weighted by molar-refractivity contribution is 5.84. The lowest BCUT2D eigenvalue weighted by molar-refractivity contribution is -0.422. The molecule has 21 heavy (non-hydrogen) atoms. The van der Waals surface area contributed by atoms with Crippen molar-refractivity contribution < 1.29 is 14.6 Å². The van der Waals surface area contributed by atoms with Crippen molar-refractivity contribution in [1.29, 1.82) is 0 Å². The number of nitrogens with zero attached hydrogens (tertiary/aromatic N) is 2. The van der Waals surface area contributed by atoms with E-state index in [0.717, 1.165) is 11.6 Å². The summed E-state index contributed by atoms with van der Waals surface area (Å²) in [5.41, 5.74) is -0.296. The van der Waals surface area contributed by atoms with Crippen molar-refractivity contribution in [2.75, 3.05) is 0 Å². The Labute approximate surface area is 118 Å². The Morgan fingerprint density at radius 3 is 2.33 bits per heavy atom. The van der Waals surface area contributed by atoms with E-state index in [0.29, 0.717) is 5.75 Å². The van der Waals surface area contributed by atoms with Crippen LogP contribution in [0.5, 0.6) is 11.5 Å². The Balaban J connectivity index is 2.26. The van der Waals surface area contributed by atoms with Gasteiger partial charge in [-0.15, -0.1) is 0 Å². The lowest BCUT2D eigenvalue weighted by Crippen LogP contribution is -2.00. The average molecular weight is 284 g/mol. The molecule has 0 unspecified atom stereocenters. The lowest BCUT2D eigenvalue weighted by Gasteiger charge is -2.08. The van der Waals surface area contributed by atoms with E-state index in [4.69, 9.17) is 4.74 Å². The van der Waals surface area contributed by atoms with Crippen LogP contribution >= 0.6 is 0 Å². The number of nitro groups is 2. The van der Waals surface area contributed by atoms with Gasteiger partial charge in [-0.05, 0) is 18.2 Å². The molecular formula is C14H8N2O5. The van der Waals surface area contributed by atoms with Gasteiger partial charge in [0.05, 0.1) is 9.85 Å². The first-order chi connectivity index (χ1) is 10.1. The monoisotopic (exact) mass is 284 g/mol. The second-order valence-corrected chi connectivity index (χ2v) is 4.33. The Kier molecular flexibility index (Phi) is 2.87. The molecule has 2 aromatic rings. The Hall–Kier alpha value is -3.22. The summed E-state index contributed by atoms with van der Waals surface area (Å²) in [6.45, 7) is 0. The van der Waals surface area contributed by atoms with Crippen LogP contribution in [0.25, 0.3) is 12.2 Å². The third kappa shape index (κ3) is 2.10. The van der Waals surface area contributed by atoms with Crippen molar-refractivity contribution in [3.8, 4) is 11.5 Å². The van der Waals surface area contributed by atoms with Crippen LogP contribution < -0.4 is 4.74 Å². The summed E-state index contributed by atoms with van der Waals surface area (Å²) in [5.74, 6) is 0.754. The number of benzene rings is 2. The van der Waals surface area contributed by atoms with Gasteiger partial charge in [-0.3, -0.25) is 20.2 Å². The van der Waals surface area contributed by atoms with Crippen molar-refractivity contribution in [3.05, 3.63) is 67.8 Å². The van der Waals surface area contributed by atoms with Crippen molar-refractivity contribution in [3.63, 3.8) is 0 Å². The molecule has 0 N–H and O–H groups in total. The van der Waals surface area contributed by atoms with E-state index in [1.54, 1.807) is 30.3 Å². The second kappa shape index (κ2) is 4.71. The molecule has 1 aliphatic heterocycles. The molecule has 3 rings (SSSR count). The second-order valence-electron chi connectivity index (χ2n) is 4.33. The Bertz CT molecular complexity index is 798. The fraction of sp³-hybridized carbons (Fsp3) is 0. The minimum Gasteiger partial charge on any atom is -0.456 e. The maximum absolute atomic E-state index is 11.2. The van der Waals surface area contributed by atoms with E-state index in [-0.39, 0.29) is 11.3 Å². The molecule has 0 saturated carbocycles. The summed E-state index contributed by atoms with van der Waals surface area (Å²) in [5, 5.41) is 22.1. The van der Waals surface area contributed by atoms with Crippen LogP contribution in [0.3, 0.4) is 0 Å². The molecule has 7 nitrogen and oxygen atoms in total. The quantitative estimate of drug-likeness (QED) is 0.527. The molecule has 0 spiro atoms. The number of fused-ring (bicyclic) bond motifs is 2. The Morgan fingerprint density at radius 2 is 1.62 bits per heavy atom. The van der Waals surface area contributed by atoms with Crippen LogP contribution in [-0.2, 0) is 0 Å². The summed E-state index contributed by atoms with van der Waals surface area (Å²) < 4.78 is 5.64. The molecule has 0 saturated heterocycles. The number of para-hydroxylation sites is 1. The third-order valence-corrected chi connectivity index (χ3v) is 3.10. The summed E-state index contributed by atoms with van der Waals surface area (Å²) in [7, 11) is 0. The van der Waals surface area contributed by atoms with Gasteiger partial charge in [-0.25, -0.2) is 0 Å². The van der Waals surface area contributed by atoms with Crippen LogP contribution in [0.15, 0.2) is 36.4 Å². The normalized spacial score (nSPS) is 11.8. The van der Waals surface area contributed by atoms with Gasteiger partial charge in [0.25, 0.3) is 0 Å². The molecule has 0 bridgehead atoms. The molecule has 0 aliphatic carbocycles. The van der Waals surface area contributed by atoms with Gasteiger partial charge in [0.2, 0.25) is 0 Å². The molecular weight excluding hydrogens is 276 g/mol. The van der Waals surface area contributed by atoms with Gasteiger partial charge in [-0.2, -0.15) is 0 Å². The van der Waals surface area contributed by atoms with Gasteiger partial charge >= 0.3 is 11.4 Å². The highest BCUT2D eigenvalue weighted by Gasteiger charge is 2.31. The molecule has 7 heteroatoms. The van der Waals surface area contributed by atoms with Crippen molar-refractivity contribution >= 4 is 23.5 Å². The van der Waals surface area contributed by atoms with E-state index in [2.05, 4.69) is 0 Å². The lowest BCUT2D eigenvalue weighted by atomic mass is 10.1. The fourth-order valence-electron chi connectivity index (χ4n) is 2.17. The predicted molar refractivity (Wildman–Crippen MR) is 75.2 cm³/mol. The van der Waals surface area contributed by atoms with E-state index in [9.17, 15) is 20.2 Å². The number of hydrogen-bond donors (Lipinski definition) is 0. The van der Waals surface area contributed by atoms with Crippen LogP contribution in [0, 0.1) is 20.2 Å². The minimum absolute atomic E-state index is 0.0883. The zero-order valence-electron chi connectivity index (χ0n) is 10.6. The van der Waals surface area contributed by atoms with Gasteiger partial charge in [0.15, 0.2) is 0 Å². The summed E-state index contributed by atoms with van der Waals surface area (Å²) in [6.07, 6.45) is 3.10. The molecule has 104 valence electrons. The maximum Gasteiger partial charge on any atom is 0.356 e. The standard InChI is InChI=1S/C14H8N2O5/c17-15(18)11-7-8-13-10(14(11)16(19)20)6-5-9-3-1-2-4-12(9)21-13/h1-8H. The number of hydrogen-bond acceptors (Lipinski definition) is 5. The molecule has 0 atom stereocenters. The van der Waals surface area contributed by atoms with E-state index < -0.39 is 21.2 Å². The SMILES string of the molecule is O=[N+]([O-])c1ccc2c(c1[N+](=O)[O-])C=Cc1ccccc1O2. The molecule has 0 fully saturated rings. The summed E-state index contributed by atoms with van der Waals surface area (Å²) >= 11 is 0. The zero-order valence-corrected chi connectivity index (χ0v) is 10.6. The number of ether oxygens (including phenoxy) is 1. The van der Waals surface area contributed by atoms with Crippen LogP contribution in [0.4, 0.5) is 11.4 Å². The molecule has 0 aromatic heterocycles. The molecule has 1 aliphatic rings. The van der Waals surface area contributed by atoms with Crippen molar-refractivity contribution in [2.45, 2.75) is 0 Å².